The number of morpholine rings is 1. The Hall–Kier alpha value is -2.58. The molecule has 0 amide bonds. The molecule has 2 aromatic rings. The van der Waals surface area contributed by atoms with Crippen LogP contribution in [0.25, 0.3) is 0 Å². The van der Waals surface area contributed by atoms with E-state index in [0.29, 0.717) is 11.7 Å². The Labute approximate surface area is 153 Å². The minimum absolute atomic E-state index is 0.493. The van der Waals surface area contributed by atoms with E-state index in [2.05, 4.69) is 25.5 Å². The quantitative estimate of drug-likeness (QED) is 0.741. The number of nitrogens with one attached hydrogen (secondary N) is 2. The zero-order valence-corrected chi connectivity index (χ0v) is 15.2. The Kier molecular flexibility index (Phi) is 6.45. The van der Waals surface area contributed by atoms with Crippen LogP contribution in [0.4, 0.5) is 17.5 Å². The van der Waals surface area contributed by atoms with E-state index in [4.69, 9.17) is 14.2 Å². The molecule has 2 heterocycles. The van der Waals surface area contributed by atoms with Gasteiger partial charge in [0.2, 0.25) is 5.95 Å². The fourth-order valence-corrected chi connectivity index (χ4v) is 2.72. The van der Waals surface area contributed by atoms with Crippen LogP contribution in [0.1, 0.15) is 0 Å². The fraction of sp³-hybridized carbons (Fsp3) is 0.444. The van der Waals surface area contributed by atoms with Gasteiger partial charge in [-0.1, -0.05) is 0 Å². The summed E-state index contributed by atoms with van der Waals surface area (Å²) in [5.41, 5.74) is 0.748. The van der Waals surface area contributed by atoms with Crippen molar-refractivity contribution >= 4 is 17.5 Å². The first kappa shape index (κ1) is 18.2. The van der Waals surface area contributed by atoms with E-state index in [1.54, 1.807) is 20.4 Å². The minimum atomic E-state index is 0.493. The van der Waals surface area contributed by atoms with Crippen molar-refractivity contribution in [2.75, 3.05) is 64.2 Å². The molecule has 0 bridgehead atoms. The van der Waals surface area contributed by atoms with Crippen molar-refractivity contribution in [3.63, 3.8) is 0 Å². The molecule has 140 valence electrons. The lowest BCUT2D eigenvalue weighted by Crippen LogP contribution is -2.39. The lowest BCUT2D eigenvalue weighted by Gasteiger charge is -2.26. The predicted octanol–water partition coefficient (Wildman–Crippen LogP) is 1.98. The second-order valence-electron chi connectivity index (χ2n) is 5.84. The Morgan fingerprint density at radius 2 is 2.00 bits per heavy atom. The van der Waals surface area contributed by atoms with Gasteiger partial charge in [-0.3, -0.25) is 4.90 Å². The monoisotopic (exact) mass is 359 g/mol. The summed E-state index contributed by atoms with van der Waals surface area (Å²) >= 11 is 0. The van der Waals surface area contributed by atoms with Gasteiger partial charge in [0.25, 0.3) is 0 Å². The Balaban J connectivity index is 1.60. The van der Waals surface area contributed by atoms with Crippen LogP contribution < -0.4 is 20.1 Å². The second kappa shape index (κ2) is 9.21. The molecule has 0 aliphatic carbocycles. The zero-order valence-electron chi connectivity index (χ0n) is 15.2. The maximum Gasteiger partial charge on any atom is 0.229 e. The molecule has 3 rings (SSSR count). The van der Waals surface area contributed by atoms with Gasteiger partial charge in [0.1, 0.15) is 17.3 Å². The fourth-order valence-electron chi connectivity index (χ4n) is 2.72. The second-order valence-corrected chi connectivity index (χ2v) is 5.84. The largest absolute Gasteiger partial charge is 0.497 e. The molecule has 0 spiro atoms. The third-order valence-electron chi connectivity index (χ3n) is 4.15. The van der Waals surface area contributed by atoms with Crippen LogP contribution in [0.3, 0.4) is 0 Å². The highest BCUT2D eigenvalue weighted by Crippen LogP contribution is 2.30. The molecule has 1 aromatic carbocycles. The van der Waals surface area contributed by atoms with Crippen molar-refractivity contribution < 1.29 is 14.2 Å². The zero-order chi connectivity index (χ0) is 18.2. The standard InChI is InChI=1S/C18H25N5O3/c1-24-14-3-4-16(25-2)15(13-14)21-18-20-6-5-17(22-18)19-7-8-23-9-11-26-12-10-23/h3-6,13H,7-12H2,1-2H3,(H2,19,20,21,22). The first-order chi connectivity index (χ1) is 12.8. The SMILES string of the molecule is COc1ccc(OC)c(Nc2nccc(NCCN3CCOCC3)n2)c1. The number of benzene rings is 1. The first-order valence-electron chi connectivity index (χ1n) is 8.64. The molecule has 2 N–H and O–H groups in total. The van der Waals surface area contributed by atoms with E-state index in [1.807, 2.05) is 24.3 Å². The molecule has 1 aromatic heterocycles. The van der Waals surface area contributed by atoms with Crippen molar-refractivity contribution in [1.82, 2.24) is 14.9 Å². The van der Waals surface area contributed by atoms with E-state index in [9.17, 15) is 0 Å². The van der Waals surface area contributed by atoms with Crippen LogP contribution in [0, 0.1) is 0 Å². The van der Waals surface area contributed by atoms with E-state index >= 15 is 0 Å². The summed E-state index contributed by atoms with van der Waals surface area (Å²) < 4.78 is 16.0. The van der Waals surface area contributed by atoms with Crippen LogP contribution in [-0.2, 0) is 4.74 Å². The highest BCUT2D eigenvalue weighted by molar-refractivity contribution is 5.65. The van der Waals surface area contributed by atoms with Crippen LogP contribution in [0.2, 0.25) is 0 Å². The molecule has 0 saturated carbocycles. The van der Waals surface area contributed by atoms with Crippen LogP contribution in [0.5, 0.6) is 11.5 Å². The summed E-state index contributed by atoms with van der Waals surface area (Å²) in [6.07, 6.45) is 1.72. The molecule has 1 aliphatic rings. The Bertz CT molecular complexity index is 707. The van der Waals surface area contributed by atoms with Crippen LogP contribution in [0.15, 0.2) is 30.5 Å². The summed E-state index contributed by atoms with van der Waals surface area (Å²) in [5, 5.41) is 6.52. The number of aromatic nitrogens is 2. The summed E-state index contributed by atoms with van der Waals surface area (Å²) in [6, 6.07) is 7.38. The molecule has 0 radical (unpaired) electrons. The van der Waals surface area contributed by atoms with Gasteiger partial charge in [-0.2, -0.15) is 4.98 Å². The minimum Gasteiger partial charge on any atom is -0.497 e. The van der Waals surface area contributed by atoms with Crippen molar-refractivity contribution in [1.29, 1.82) is 0 Å². The molecular weight excluding hydrogens is 334 g/mol. The number of methoxy groups -OCH3 is 2. The number of nitrogens with zero attached hydrogens (tertiary/aromatic N) is 3. The van der Waals surface area contributed by atoms with Crippen molar-refractivity contribution in [2.24, 2.45) is 0 Å². The van der Waals surface area contributed by atoms with Crippen molar-refractivity contribution in [3.8, 4) is 11.5 Å². The van der Waals surface area contributed by atoms with Gasteiger partial charge in [0.05, 0.1) is 33.1 Å². The van der Waals surface area contributed by atoms with Gasteiger partial charge in [-0.25, -0.2) is 4.98 Å². The van der Waals surface area contributed by atoms with Crippen molar-refractivity contribution in [2.45, 2.75) is 0 Å². The summed E-state index contributed by atoms with van der Waals surface area (Å²) in [7, 11) is 3.25. The van der Waals surface area contributed by atoms with E-state index in [1.165, 1.54) is 0 Å². The van der Waals surface area contributed by atoms with E-state index in [0.717, 1.165) is 56.6 Å². The van der Waals surface area contributed by atoms with Gasteiger partial charge in [-0.05, 0) is 18.2 Å². The molecular formula is C18H25N5O3. The van der Waals surface area contributed by atoms with Gasteiger partial charge in [0.15, 0.2) is 0 Å². The average molecular weight is 359 g/mol. The molecule has 8 nitrogen and oxygen atoms in total. The van der Waals surface area contributed by atoms with Crippen LogP contribution >= 0.6 is 0 Å². The maximum absolute atomic E-state index is 5.37. The highest BCUT2D eigenvalue weighted by atomic mass is 16.5. The predicted molar refractivity (Wildman–Crippen MR) is 101 cm³/mol. The number of hydrogen-bond acceptors (Lipinski definition) is 8. The van der Waals surface area contributed by atoms with Crippen molar-refractivity contribution in [3.05, 3.63) is 30.5 Å². The van der Waals surface area contributed by atoms with Gasteiger partial charge >= 0.3 is 0 Å². The topological polar surface area (TPSA) is 80.8 Å². The summed E-state index contributed by atoms with van der Waals surface area (Å²) in [4.78, 5) is 11.2. The molecule has 1 fully saturated rings. The number of anilines is 3. The van der Waals surface area contributed by atoms with Crippen LogP contribution in [-0.4, -0.2) is 68.5 Å². The van der Waals surface area contributed by atoms with Gasteiger partial charge in [0, 0.05) is 38.4 Å². The van der Waals surface area contributed by atoms with Gasteiger partial charge in [-0.15, -0.1) is 0 Å². The molecule has 1 aliphatic heterocycles. The highest BCUT2D eigenvalue weighted by Gasteiger charge is 2.10. The average Bonchev–Trinajstić information content (AvgIpc) is 2.69. The lowest BCUT2D eigenvalue weighted by molar-refractivity contribution is 0.0398. The molecule has 0 unspecified atom stereocenters. The normalized spacial score (nSPS) is 14.7. The first-order valence-corrected chi connectivity index (χ1v) is 8.64. The smallest absolute Gasteiger partial charge is 0.229 e. The maximum atomic E-state index is 5.37. The Morgan fingerprint density at radius 3 is 2.77 bits per heavy atom. The third-order valence-corrected chi connectivity index (χ3v) is 4.15. The molecule has 0 atom stereocenters. The van der Waals surface area contributed by atoms with E-state index < -0.39 is 0 Å². The number of rotatable bonds is 8. The molecule has 26 heavy (non-hydrogen) atoms. The third kappa shape index (κ3) is 4.96. The van der Waals surface area contributed by atoms with Gasteiger partial charge < -0.3 is 24.8 Å². The summed E-state index contributed by atoms with van der Waals surface area (Å²) in [6.45, 7) is 5.36. The van der Waals surface area contributed by atoms with E-state index in [-0.39, 0.29) is 0 Å². The molecule has 8 heteroatoms. The molecule has 1 saturated heterocycles. The summed E-state index contributed by atoms with van der Waals surface area (Å²) in [5.74, 6) is 2.69. The Morgan fingerprint density at radius 1 is 1.15 bits per heavy atom. The lowest BCUT2D eigenvalue weighted by atomic mass is 10.2. The number of hydrogen-bond donors (Lipinski definition) is 2. The number of ether oxygens (including phenoxy) is 3.